The molecule has 0 aliphatic rings. The summed E-state index contributed by atoms with van der Waals surface area (Å²) in [6, 6.07) is 15.1. The Morgan fingerprint density at radius 3 is 2.55 bits per heavy atom. The van der Waals surface area contributed by atoms with E-state index in [0.717, 1.165) is 11.3 Å². The number of carbonyl (C=O) groups excluding carboxylic acids is 1. The van der Waals surface area contributed by atoms with E-state index in [1.54, 1.807) is 0 Å². The van der Waals surface area contributed by atoms with Crippen LogP contribution in [0, 0.1) is 0 Å². The van der Waals surface area contributed by atoms with Gasteiger partial charge in [-0.15, -0.1) is 0 Å². The van der Waals surface area contributed by atoms with E-state index >= 15 is 0 Å². The molecule has 0 bridgehead atoms. The van der Waals surface area contributed by atoms with E-state index in [0.29, 0.717) is 24.3 Å². The maximum absolute atomic E-state index is 11.9. The number of hydrogen-bond donors (Lipinski definition) is 2. The number of nitrogens with two attached hydrogens (primary N) is 1. The first-order valence-electron chi connectivity index (χ1n) is 7.44. The average Bonchev–Trinajstić information content (AvgIpc) is 2.48. The average molecular weight is 298 g/mol. The first-order valence-corrected chi connectivity index (χ1v) is 7.44. The van der Waals surface area contributed by atoms with Gasteiger partial charge in [0.05, 0.1) is 11.8 Å². The molecule has 0 radical (unpaired) electrons. The van der Waals surface area contributed by atoms with E-state index in [2.05, 4.69) is 5.32 Å². The monoisotopic (exact) mass is 298 g/mol. The van der Waals surface area contributed by atoms with Gasteiger partial charge in [0, 0.05) is 12.1 Å². The molecule has 0 saturated carbocycles. The summed E-state index contributed by atoms with van der Waals surface area (Å²) in [6.45, 7) is 3.92. The standard InChI is InChI=1S/C18H22N2O2/c1-13(2)22-17-10-8-14(12-16(17)19)9-11-18(21)20-15-6-4-3-5-7-15/h3-8,10,12-13H,9,11,19H2,1-2H3,(H,20,21). The highest BCUT2D eigenvalue weighted by molar-refractivity contribution is 5.90. The predicted molar refractivity (Wildman–Crippen MR) is 90.0 cm³/mol. The Morgan fingerprint density at radius 1 is 1.18 bits per heavy atom. The van der Waals surface area contributed by atoms with Crippen LogP contribution in [0.15, 0.2) is 48.5 Å². The third-order valence-electron chi connectivity index (χ3n) is 3.14. The molecule has 2 aromatic carbocycles. The second-order valence-corrected chi connectivity index (χ2v) is 5.45. The summed E-state index contributed by atoms with van der Waals surface area (Å²) in [7, 11) is 0. The lowest BCUT2D eigenvalue weighted by atomic mass is 10.1. The van der Waals surface area contributed by atoms with Crippen molar-refractivity contribution >= 4 is 17.3 Å². The molecule has 4 nitrogen and oxygen atoms in total. The van der Waals surface area contributed by atoms with Crippen LogP contribution in [0.2, 0.25) is 0 Å². The lowest BCUT2D eigenvalue weighted by molar-refractivity contribution is -0.116. The normalized spacial score (nSPS) is 10.5. The van der Waals surface area contributed by atoms with Gasteiger partial charge < -0.3 is 15.8 Å². The van der Waals surface area contributed by atoms with Crippen LogP contribution in [0.1, 0.15) is 25.8 Å². The molecule has 0 heterocycles. The van der Waals surface area contributed by atoms with Crippen LogP contribution < -0.4 is 15.8 Å². The number of carbonyl (C=O) groups is 1. The fraction of sp³-hybridized carbons (Fsp3) is 0.278. The molecular weight excluding hydrogens is 276 g/mol. The number of anilines is 2. The largest absolute Gasteiger partial charge is 0.489 e. The highest BCUT2D eigenvalue weighted by Crippen LogP contribution is 2.24. The van der Waals surface area contributed by atoms with Crippen molar-refractivity contribution in [2.75, 3.05) is 11.1 Å². The molecule has 4 heteroatoms. The lowest BCUT2D eigenvalue weighted by Gasteiger charge is -2.13. The molecule has 0 aliphatic carbocycles. The van der Waals surface area contributed by atoms with Gasteiger partial charge in [0.1, 0.15) is 5.75 Å². The Labute approximate surface area is 131 Å². The van der Waals surface area contributed by atoms with Crippen molar-refractivity contribution in [3.63, 3.8) is 0 Å². The molecule has 0 unspecified atom stereocenters. The van der Waals surface area contributed by atoms with E-state index in [1.165, 1.54) is 0 Å². The highest BCUT2D eigenvalue weighted by Gasteiger charge is 2.07. The first kappa shape index (κ1) is 15.9. The third-order valence-corrected chi connectivity index (χ3v) is 3.14. The van der Waals surface area contributed by atoms with Gasteiger partial charge in [0.15, 0.2) is 0 Å². The molecule has 0 aromatic heterocycles. The number of nitrogen functional groups attached to an aromatic ring is 1. The van der Waals surface area contributed by atoms with E-state index in [9.17, 15) is 4.79 Å². The van der Waals surface area contributed by atoms with Crippen LogP contribution in [0.3, 0.4) is 0 Å². The topological polar surface area (TPSA) is 64.3 Å². The van der Waals surface area contributed by atoms with Crippen molar-refractivity contribution in [2.45, 2.75) is 32.8 Å². The minimum absolute atomic E-state index is 0.00715. The summed E-state index contributed by atoms with van der Waals surface area (Å²) in [5, 5.41) is 2.87. The van der Waals surface area contributed by atoms with Crippen molar-refractivity contribution in [3.05, 3.63) is 54.1 Å². The molecule has 0 saturated heterocycles. The van der Waals surface area contributed by atoms with Gasteiger partial charge in [-0.25, -0.2) is 0 Å². The maximum Gasteiger partial charge on any atom is 0.224 e. The number of aryl methyl sites for hydroxylation is 1. The molecule has 2 aromatic rings. The Morgan fingerprint density at radius 2 is 1.91 bits per heavy atom. The van der Waals surface area contributed by atoms with Crippen molar-refractivity contribution in [1.82, 2.24) is 0 Å². The van der Waals surface area contributed by atoms with E-state index in [4.69, 9.17) is 10.5 Å². The highest BCUT2D eigenvalue weighted by atomic mass is 16.5. The first-order chi connectivity index (χ1) is 10.5. The van der Waals surface area contributed by atoms with Gasteiger partial charge in [-0.1, -0.05) is 24.3 Å². The third kappa shape index (κ3) is 4.81. The predicted octanol–water partition coefficient (Wildman–Crippen LogP) is 3.63. The molecular formula is C18H22N2O2. The molecule has 2 rings (SSSR count). The van der Waals surface area contributed by atoms with Gasteiger partial charge in [-0.2, -0.15) is 0 Å². The summed E-state index contributed by atoms with van der Waals surface area (Å²) in [5.74, 6) is 0.680. The maximum atomic E-state index is 11.9. The SMILES string of the molecule is CC(C)Oc1ccc(CCC(=O)Nc2ccccc2)cc1N. The van der Waals surface area contributed by atoms with Crippen LogP contribution in [0.5, 0.6) is 5.75 Å². The fourth-order valence-corrected chi connectivity index (χ4v) is 2.12. The number of benzene rings is 2. The summed E-state index contributed by atoms with van der Waals surface area (Å²) < 4.78 is 5.60. The van der Waals surface area contributed by atoms with Crippen molar-refractivity contribution in [3.8, 4) is 5.75 Å². The Hall–Kier alpha value is -2.49. The second kappa shape index (κ2) is 7.50. The van der Waals surface area contributed by atoms with Gasteiger partial charge >= 0.3 is 0 Å². The van der Waals surface area contributed by atoms with Crippen LogP contribution in [0.4, 0.5) is 11.4 Å². The fourth-order valence-electron chi connectivity index (χ4n) is 2.12. The Bertz CT molecular complexity index is 624. The number of rotatable bonds is 6. The van der Waals surface area contributed by atoms with Gasteiger partial charge in [0.25, 0.3) is 0 Å². The molecule has 1 amide bonds. The summed E-state index contributed by atoms with van der Waals surface area (Å²) in [6.07, 6.45) is 1.15. The summed E-state index contributed by atoms with van der Waals surface area (Å²) in [4.78, 5) is 11.9. The lowest BCUT2D eigenvalue weighted by Crippen LogP contribution is -2.12. The molecule has 22 heavy (non-hydrogen) atoms. The van der Waals surface area contributed by atoms with Crippen LogP contribution in [0.25, 0.3) is 0 Å². The number of ether oxygens (including phenoxy) is 1. The van der Waals surface area contributed by atoms with Crippen LogP contribution in [-0.2, 0) is 11.2 Å². The molecule has 116 valence electrons. The van der Waals surface area contributed by atoms with E-state index < -0.39 is 0 Å². The Kier molecular flexibility index (Phi) is 5.42. The van der Waals surface area contributed by atoms with Crippen molar-refractivity contribution < 1.29 is 9.53 Å². The van der Waals surface area contributed by atoms with E-state index in [-0.39, 0.29) is 12.0 Å². The van der Waals surface area contributed by atoms with Crippen molar-refractivity contribution in [1.29, 1.82) is 0 Å². The number of para-hydroxylation sites is 1. The zero-order valence-electron chi connectivity index (χ0n) is 13.0. The number of hydrogen-bond acceptors (Lipinski definition) is 3. The molecule has 0 atom stereocenters. The van der Waals surface area contributed by atoms with E-state index in [1.807, 2.05) is 62.4 Å². The quantitative estimate of drug-likeness (QED) is 0.800. The smallest absolute Gasteiger partial charge is 0.224 e. The molecule has 0 aliphatic heterocycles. The summed E-state index contributed by atoms with van der Waals surface area (Å²) in [5.41, 5.74) is 8.42. The minimum atomic E-state index is -0.00715. The zero-order valence-corrected chi connectivity index (χ0v) is 13.0. The minimum Gasteiger partial charge on any atom is -0.489 e. The van der Waals surface area contributed by atoms with Gasteiger partial charge in [0.2, 0.25) is 5.91 Å². The molecule has 0 spiro atoms. The van der Waals surface area contributed by atoms with Gasteiger partial charge in [-0.05, 0) is 50.1 Å². The summed E-state index contributed by atoms with van der Waals surface area (Å²) >= 11 is 0. The number of nitrogens with one attached hydrogen (secondary N) is 1. The molecule has 3 N–H and O–H groups in total. The van der Waals surface area contributed by atoms with Crippen molar-refractivity contribution in [2.24, 2.45) is 0 Å². The van der Waals surface area contributed by atoms with Crippen LogP contribution >= 0.6 is 0 Å². The Balaban J connectivity index is 1.89. The van der Waals surface area contributed by atoms with Gasteiger partial charge in [-0.3, -0.25) is 4.79 Å². The van der Waals surface area contributed by atoms with Crippen LogP contribution in [-0.4, -0.2) is 12.0 Å². The molecule has 0 fully saturated rings. The second-order valence-electron chi connectivity index (χ2n) is 5.45. The number of amides is 1. The zero-order chi connectivity index (χ0) is 15.9.